The van der Waals surface area contributed by atoms with E-state index in [0.29, 0.717) is 26.2 Å². The number of hydrogen-bond donors (Lipinski definition) is 1. The zero-order chi connectivity index (χ0) is 16.9. The van der Waals surface area contributed by atoms with Gasteiger partial charge < -0.3 is 9.80 Å². The Morgan fingerprint density at radius 3 is 2.30 bits per heavy atom. The number of carbonyl (C=O) groups is 2. The molecular formula is C15H21N3O4S. The molecule has 1 saturated heterocycles. The third-order valence-corrected chi connectivity index (χ3v) is 5.29. The Morgan fingerprint density at radius 1 is 1.17 bits per heavy atom. The van der Waals surface area contributed by atoms with Crippen molar-refractivity contribution in [1.29, 1.82) is 0 Å². The number of piperazine rings is 1. The smallest absolute Gasteiger partial charge is 0.241 e. The molecule has 1 aliphatic heterocycles. The van der Waals surface area contributed by atoms with Gasteiger partial charge in [-0.2, -0.15) is 0 Å². The highest BCUT2D eigenvalue weighted by atomic mass is 32.2. The Labute approximate surface area is 136 Å². The van der Waals surface area contributed by atoms with Crippen LogP contribution in [-0.4, -0.2) is 63.3 Å². The predicted molar refractivity (Wildman–Crippen MR) is 85.2 cm³/mol. The van der Waals surface area contributed by atoms with Gasteiger partial charge in [-0.15, -0.1) is 0 Å². The fourth-order valence-corrected chi connectivity index (χ4v) is 3.31. The Balaban J connectivity index is 1.91. The summed E-state index contributed by atoms with van der Waals surface area (Å²) < 4.78 is 26.7. The number of amides is 2. The summed E-state index contributed by atoms with van der Waals surface area (Å²) in [7, 11) is -3.70. The van der Waals surface area contributed by atoms with Crippen molar-refractivity contribution in [3.8, 4) is 0 Å². The van der Waals surface area contributed by atoms with Crippen LogP contribution in [0.2, 0.25) is 0 Å². The molecule has 126 valence electrons. The van der Waals surface area contributed by atoms with E-state index in [9.17, 15) is 18.0 Å². The molecule has 1 N–H and O–H groups in total. The normalized spacial score (nSPS) is 15.5. The Morgan fingerprint density at radius 2 is 1.78 bits per heavy atom. The molecule has 0 spiro atoms. The highest BCUT2D eigenvalue weighted by molar-refractivity contribution is 7.89. The first-order valence-electron chi connectivity index (χ1n) is 7.52. The fourth-order valence-electron chi connectivity index (χ4n) is 2.33. The maximum atomic E-state index is 12.2. The average Bonchev–Trinajstić information content (AvgIpc) is 2.60. The Bertz CT molecular complexity index is 650. The lowest BCUT2D eigenvalue weighted by Gasteiger charge is -2.32. The van der Waals surface area contributed by atoms with Gasteiger partial charge in [0, 0.05) is 26.2 Å². The van der Waals surface area contributed by atoms with Crippen molar-refractivity contribution in [2.45, 2.75) is 18.2 Å². The van der Waals surface area contributed by atoms with Crippen LogP contribution < -0.4 is 4.72 Å². The molecule has 0 aliphatic carbocycles. The van der Waals surface area contributed by atoms with Crippen LogP contribution in [0.3, 0.4) is 0 Å². The minimum atomic E-state index is -3.70. The summed E-state index contributed by atoms with van der Waals surface area (Å²) in [6.07, 6.45) is 1.59. The summed E-state index contributed by atoms with van der Waals surface area (Å²) in [5.41, 5.74) is 1.05. The van der Waals surface area contributed by atoms with E-state index in [1.165, 1.54) is 12.1 Å². The summed E-state index contributed by atoms with van der Waals surface area (Å²) in [6.45, 7) is 3.50. The van der Waals surface area contributed by atoms with Crippen LogP contribution in [0.5, 0.6) is 0 Å². The largest absolute Gasteiger partial charge is 0.342 e. The van der Waals surface area contributed by atoms with Gasteiger partial charge in [-0.25, -0.2) is 13.1 Å². The number of benzene rings is 1. The number of aryl methyl sites for hydroxylation is 1. The van der Waals surface area contributed by atoms with E-state index in [1.54, 1.807) is 21.9 Å². The van der Waals surface area contributed by atoms with Crippen molar-refractivity contribution >= 4 is 22.3 Å². The third kappa shape index (κ3) is 4.52. The second-order valence-electron chi connectivity index (χ2n) is 5.34. The topological polar surface area (TPSA) is 86.8 Å². The number of nitrogens with zero attached hydrogens (tertiary/aromatic N) is 2. The van der Waals surface area contributed by atoms with Gasteiger partial charge in [0.1, 0.15) is 0 Å². The van der Waals surface area contributed by atoms with E-state index in [4.69, 9.17) is 0 Å². The van der Waals surface area contributed by atoms with Crippen molar-refractivity contribution in [3.05, 3.63) is 29.8 Å². The molecule has 2 rings (SSSR count). The number of sulfonamides is 1. The molecule has 0 unspecified atom stereocenters. The lowest BCUT2D eigenvalue weighted by molar-refractivity contribution is -0.134. The standard InChI is InChI=1S/C15H21N3O4S/c1-2-13-3-5-14(6-4-13)23(21,22)16-11-15(20)18-9-7-17(12-19)8-10-18/h3-6,12,16H,2,7-11H2,1H3. The lowest BCUT2D eigenvalue weighted by Crippen LogP contribution is -2.50. The van der Waals surface area contributed by atoms with Crippen LogP contribution in [0.25, 0.3) is 0 Å². The monoisotopic (exact) mass is 339 g/mol. The van der Waals surface area contributed by atoms with Gasteiger partial charge in [-0.1, -0.05) is 19.1 Å². The molecular weight excluding hydrogens is 318 g/mol. The number of carbonyl (C=O) groups excluding carboxylic acids is 2. The zero-order valence-corrected chi connectivity index (χ0v) is 13.9. The molecule has 23 heavy (non-hydrogen) atoms. The van der Waals surface area contributed by atoms with E-state index in [-0.39, 0.29) is 17.3 Å². The van der Waals surface area contributed by atoms with Gasteiger partial charge >= 0.3 is 0 Å². The lowest BCUT2D eigenvalue weighted by atomic mass is 10.2. The second kappa shape index (κ2) is 7.56. The van der Waals surface area contributed by atoms with E-state index < -0.39 is 10.0 Å². The quantitative estimate of drug-likeness (QED) is 0.729. The number of rotatable bonds is 6. The van der Waals surface area contributed by atoms with Crippen molar-refractivity contribution < 1.29 is 18.0 Å². The highest BCUT2D eigenvalue weighted by Crippen LogP contribution is 2.11. The summed E-state index contributed by atoms with van der Waals surface area (Å²) in [5.74, 6) is -0.288. The number of nitrogens with one attached hydrogen (secondary N) is 1. The van der Waals surface area contributed by atoms with Crippen LogP contribution >= 0.6 is 0 Å². The van der Waals surface area contributed by atoms with Gasteiger partial charge in [-0.3, -0.25) is 9.59 Å². The first kappa shape index (κ1) is 17.4. The van der Waals surface area contributed by atoms with Crippen molar-refractivity contribution in [3.63, 3.8) is 0 Å². The molecule has 2 amide bonds. The van der Waals surface area contributed by atoms with Crippen molar-refractivity contribution in [2.75, 3.05) is 32.7 Å². The average molecular weight is 339 g/mol. The van der Waals surface area contributed by atoms with E-state index in [1.807, 2.05) is 6.92 Å². The fraction of sp³-hybridized carbons (Fsp3) is 0.467. The van der Waals surface area contributed by atoms with Gasteiger partial charge in [0.25, 0.3) is 0 Å². The van der Waals surface area contributed by atoms with E-state index >= 15 is 0 Å². The molecule has 0 aromatic heterocycles. The van der Waals surface area contributed by atoms with Crippen LogP contribution in [0, 0.1) is 0 Å². The van der Waals surface area contributed by atoms with Crippen molar-refractivity contribution in [2.24, 2.45) is 0 Å². The van der Waals surface area contributed by atoms with Gasteiger partial charge in [-0.05, 0) is 24.1 Å². The molecule has 1 aromatic rings. The summed E-state index contributed by atoms with van der Waals surface area (Å²) in [5, 5.41) is 0. The van der Waals surface area contributed by atoms with E-state index in [0.717, 1.165) is 18.4 Å². The summed E-state index contributed by atoms with van der Waals surface area (Å²) >= 11 is 0. The third-order valence-electron chi connectivity index (χ3n) is 3.87. The van der Waals surface area contributed by atoms with Gasteiger partial charge in [0.2, 0.25) is 22.3 Å². The highest BCUT2D eigenvalue weighted by Gasteiger charge is 2.22. The molecule has 7 nitrogen and oxygen atoms in total. The minimum Gasteiger partial charge on any atom is -0.342 e. The molecule has 1 fully saturated rings. The van der Waals surface area contributed by atoms with Gasteiger partial charge in [0.05, 0.1) is 11.4 Å². The molecule has 1 aromatic carbocycles. The molecule has 0 bridgehead atoms. The summed E-state index contributed by atoms with van der Waals surface area (Å²) in [6, 6.07) is 6.59. The van der Waals surface area contributed by atoms with E-state index in [2.05, 4.69) is 4.72 Å². The van der Waals surface area contributed by atoms with Gasteiger partial charge in [0.15, 0.2) is 0 Å². The maximum Gasteiger partial charge on any atom is 0.241 e. The molecule has 1 aliphatic rings. The minimum absolute atomic E-state index is 0.147. The predicted octanol–water partition coefficient (Wildman–Crippen LogP) is -0.172. The molecule has 0 saturated carbocycles. The number of hydrogen-bond acceptors (Lipinski definition) is 4. The maximum absolute atomic E-state index is 12.2. The first-order chi connectivity index (χ1) is 11.0. The molecule has 0 radical (unpaired) electrons. The molecule has 1 heterocycles. The zero-order valence-electron chi connectivity index (χ0n) is 13.1. The first-order valence-corrected chi connectivity index (χ1v) is 9.00. The molecule has 0 atom stereocenters. The van der Waals surface area contributed by atoms with Crippen LogP contribution in [0.4, 0.5) is 0 Å². The van der Waals surface area contributed by atoms with Crippen LogP contribution in [0.1, 0.15) is 12.5 Å². The molecule has 8 heteroatoms. The second-order valence-corrected chi connectivity index (χ2v) is 7.11. The Kier molecular flexibility index (Phi) is 5.73. The van der Waals surface area contributed by atoms with Crippen LogP contribution in [-0.2, 0) is 26.0 Å². The van der Waals surface area contributed by atoms with Crippen molar-refractivity contribution in [1.82, 2.24) is 14.5 Å². The summed E-state index contributed by atoms with van der Waals surface area (Å²) in [4.78, 5) is 26.0. The SMILES string of the molecule is CCc1ccc(S(=O)(=O)NCC(=O)N2CCN(C=O)CC2)cc1. The Hall–Kier alpha value is -1.93. The van der Waals surface area contributed by atoms with Crippen LogP contribution in [0.15, 0.2) is 29.2 Å².